The lowest BCUT2D eigenvalue weighted by Crippen LogP contribution is -2.33. The molecule has 0 unspecified atom stereocenters. The number of alkyl halides is 4. The number of aldehydes is 1. The zero-order valence-electron chi connectivity index (χ0n) is 8.30. The number of halogens is 5. The maximum Gasteiger partial charge on any atom is 0.340 e. The van der Waals surface area contributed by atoms with Gasteiger partial charge >= 0.3 is 12.3 Å². The standard InChI is InChI=1S/C10H7ClF4O2/c11-7-1-6(4-16)2-8(3-7)17-5-10(14,15)9(12)13/h1-4,9H,5H2. The lowest BCUT2D eigenvalue weighted by atomic mass is 10.2. The SMILES string of the molecule is O=Cc1cc(Cl)cc(OCC(F)(F)C(F)F)c1. The second kappa shape index (κ2) is 5.35. The molecule has 0 amide bonds. The van der Waals surface area contributed by atoms with Crippen LogP contribution in [0.3, 0.4) is 0 Å². The van der Waals surface area contributed by atoms with Gasteiger partial charge < -0.3 is 4.74 Å². The molecule has 0 radical (unpaired) electrons. The van der Waals surface area contributed by atoms with Gasteiger partial charge in [0, 0.05) is 10.6 Å². The Morgan fingerprint density at radius 2 is 2.00 bits per heavy atom. The van der Waals surface area contributed by atoms with Crippen molar-refractivity contribution in [3.63, 3.8) is 0 Å². The van der Waals surface area contributed by atoms with Crippen LogP contribution in [-0.4, -0.2) is 25.2 Å². The van der Waals surface area contributed by atoms with E-state index in [9.17, 15) is 22.4 Å². The molecule has 0 spiro atoms. The molecule has 0 saturated carbocycles. The predicted octanol–water partition coefficient (Wildman–Crippen LogP) is 3.43. The largest absolute Gasteiger partial charge is 0.487 e. The highest BCUT2D eigenvalue weighted by Gasteiger charge is 2.41. The monoisotopic (exact) mass is 270 g/mol. The van der Waals surface area contributed by atoms with E-state index in [0.717, 1.165) is 12.1 Å². The minimum Gasteiger partial charge on any atom is -0.487 e. The van der Waals surface area contributed by atoms with Crippen molar-refractivity contribution in [2.24, 2.45) is 0 Å². The Labute approximate surface area is 99.1 Å². The Kier molecular flexibility index (Phi) is 4.34. The van der Waals surface area contributed by atoms with Crippen LogP contribution in [0.1, 0.15) is 10.4 Å². The van der Waals surface area contributed by atoms with Crippen LogP contribution in [0, 0.1) is 0 Å². The van der Waals surface area contributed by atoms with Crippen LogP contribution in [0.25, 0.3) is 0 Å². The van der Waals surface area contributed by atoms with E-state index in [2.05, 4.69) is 4.74 Å². The zero-order valence-corrected chi connectivity index (χ0v) is 9.06. The maximum absolute atomic E-state index is 12.5. The minimum absolute atomic E-state index is 0.0879. The van der Waals surface area contributed by atoms with Crippen LogP contribution >= 0.6 is 11.6 Å². The van der Waals surface area contributed by atoms with E-state index in [1.165, 1.54) is 6.07 Å². The number of hydrogen-bond donors (Lipinski definition) is 0. The summed E-state index contributed by atoms with van der Waals surface area (Å²) in [5, 5.41) is 0.0879. The van der Waals surface area contributed by atoms with E-state index in [-0.39, 0.29) is 16.3 Å². The molecule has 17 heavy (non-hydrogen) atoms. The smallest absolute Gasteiger partial charge is 0.340 e. The highest BCUT2D eigenvalue weighted by Crippen LogP contribution is 2.26. The third-order valence-electron chi connectivity index (χ3n) is 1.78. The van der Waals surface area contributed by atoms with Gasteiger partial charge in [0.15, 0.2) is 6.61 Å². The highest BCUT2D eigenvalue weighted by atomic mass is 35.5. The number of hydrogen-bond acceptors (Lipinski definition) is 2. The number of carbonyl (C=O) groups excluding carboxylic acids is 1. The fraction of sp³-hybridized carbons (Fsp3) is 0.300. The lowest BCUT2D eigenvalue weighted by Gasteiger charge is -2.16. The van der Waals surface area contributed by atoms with Gasteiger partial charge in [-0.25, -0.2) is 8.78 Å². The summed E-state index contributed by atoms with van der Waals surface area (Å²) in [6.45, 7) is -1.48. The quantitative estimate of drug-likeness (QED) is 0.605. The van der Waals surface area contributed by atoms with Crippen LogP contribution in [0.4, 0.5) is 17.6 Å². The van der Waals surface area contributed by atoms with Crippen molar-refractivity contribution >= 4 is 17.9 Å². The number of ether oxygens (including phenoxy) is 1. The Hall–Kier alpha value is -1.30. The summed E-state index contributed by atoms with van der Waals surface area (Å²) in [5.41, 5.74) is 0.105. The first kappa shape index (κ1) is 13.8. The minimum atomic E-state index is -4.25. The molecule has 0 saturated heterocycles. The number of carbonyl (C=O) groups is 1. The molecule has 1 aromatic rings. The van der Waals surface area contributed by atoms with Gasteiger partial charge in [-0.1, -0.05) is 11.6 Å². The molecule has 0 aliphatic carbocycles. The van der Waals surface area contributed by atoms with Gasteiger partial charge in [-0.05, 0) is 18.2 Å². The zero-order chi connectivity index (χ0) is 13.1. The first-order chi connectivity index (χ1) is 7.85. The molecule has 0 aliphatic heterocycles. The molecule has 0 heterocycles. The van der Waals surface area contributed by atoms with E-state index < -0.39 is 19.0 Å². The van der Waals surface area contributed by atoms with Gasteiger partial charge in [-0.2, -0.15) is 8.78 Å². The Bertz CT molecular complexity index is 409. The van der Waals surface area contributed by atoms with E-state index in [1.807, 2.05) is 0 Å². The van der Waals surface area contributed by atoms with Crippen molar-refractivity contribution in [3.05, 3.63) is 28.8 Å². The van der Waals surface area contributed by atoms with Crippen molar-refractivity contribution in [2.75, 3.05) is 6.61 Å². The average Bonchev–Trinajstić information content (AvgIpc) is 2.25. The van der Waals surface area contributed by atoms with Crippen molar-refractivity contribution < 1.29 is 27.1 Å². The van der Waals surface area contributed by atoms with E-state index in [4.69, 9.17) is 11.6 Å². The van der Waals surface area contributed by atoms with Gasteiger partial charge in [0.1, 0.15) is 12.0 Å². The van der Waals surface area contributed by atoms with Crippen LogP contribution in [-0.2, 0) is 0 Å². The molecule has 0 aromatic heterocycles. The van der Waals surface area contributed by atoms with Gasteiger partial charge in [0.2, 0.25) is 0 Å². The third-order valence-corrected chi connectivity index (χ3v) is 2.00. The Balaban J connectivity index is 2.76. The van der Waals surface area contributed by atoms with Crippen molar-refractivity contribution in [1.82, 2.24) is 0 Å². The third kappa shape index (κ3) is 3.89. The summed E-state index contributed by atoms with van der Waals surface area (Å²) in [6, 6.07) is 3.56. The normalized spacial score (nSPS) is 11.6. The molecule has 0 bridgehead atoms. The summed E-state index contributed by atoms with van der Waals surface area (Å²) >= 11 is 5.57. The van der Waals surface area contributed by atoms with E-state index in [1.54, 1.807) is 0 Å². The van der Waals surface area contributed by atoms with Gasteiger partial charge in [0.25, 0.3) is 0 Å². The second-order valence-electron chi connectivity index (χ2n) is 3.19. The summed E-state index contributed by atoms with van der Waals surface area (Å²) in [7, 11) is 0. The molecule has 1 aromatic carbocycles. The molecular weight excluding hydrogens is 264 g/mol. The Morgan fingerprint density at radius 3 is 2.53 bits per heavy atom. The molecule has 0 N–H and O–H groups in total. The molecule has 94 valence electrons. The maximum atomic E-state index is 12.5. The molecule has 7 heteroatoms. The lowest BCUT2D eigenvalue weighted by molar-refractivity contribution is -0.148. The molecule has 0 aliphatic rings. The summed E-state index contributed by atoms with van der Waals surface area (Å²) in [6.07, 6.45) is -3.38. The van der Waals surface area contributed by atoms with Gasteiger partial charge in [-0.3, -0.25) is 4.79 Å². The summed E-state index contributed by atoms with van der Waals surface area (Å²) in [4.78, 5) is 10.4. The number of benzene rings is 1. The highest BCUT2D eigenvalue weighted by molar-refractivity contribution is 6.31. The molecule has 1 rings (SSSR count). The van der Waals surface area contributed by atoms with E-state index >= 15 is 0 Å². The fourth-order valence-electron chi connectivity index (χ4n) is 0.978. The van der Waals surface area contributed by atoms with Gasteiger partial charge in [-0.15, -0.1) is 0 Å². The average molecular weight is 271 g/mol. The fourth-order valence-corrected chi connectivity index (χ4v) is 1.21. The van der Waals surface area contributed by atoms with Crippen LogP contribution < -0.4 is 4.74 Å². The van der Waals surface area contributed by atoms with E-state index in [0.29, 0.717) is 6.29 Å². The summed E-state index contributed by atoms with van der Waals surface area (Å²) < 4.78 is 53.2. The Morgan fingerprint density at radius 1 is 1.35 bits per heavy atom. The van der Waals surface area contributed by atoms with Crippen LogP contribution in [0.2, 0.25) is 5.02 Å². The molecule has 2 nitrogen and oxygen atoms in total. The summed E-state index contributed by atoms with van der Waals surface area (Å²) in [5.74, 6) is -4.41. The van der Waals surface area contributed by atoms with Crippen molar-refractivity contribution in [1.29, 1.82) is 0 Å². The van der Waals surface area contributed by atoms with Crippen LogP contribution in [0.5, 0.6) is 5.75 Å². The van der Waals surface area contributed by atoms with Crippen molar-refractivity contribution in [2.45, 2.75) is 12.3 Å². The molecular formula is C10H7ClF4O2. The van der Waals surface area contributed by atoms with Crippen LogP contribution in [0.15, 0.2) is 18.2 Å². The first-order valence-electron chi connectivity index (χ1n) is 4.39. The topological polar surface area (TPSA) is 26.3 Å². The van der Waals surface area contributed by atoms with Crippen molar-refractivity contribution in [3.8, 4) is 5.75 Å². The molecule has 0 fully saturated rings. The number of rotatable bonds is 5. The predicted molar refractivity (Wildman–Crippen MR) is 53.3 cm³/mol. The first-order valence-corrected chi connectivity index (χ1v) is 4.77. The van der Waals surface area contributed by atoms with Gasteiger partial charge in [0.05, 0.1) is 0 Å². The second-order valence-corrected chi connectivity index (χ2v) is 3.62. The molecule has 0 atom stereocenters.